The summed E-state index contributed by atoms with van der Waals surface area (Å²) in [7, 11) is 0. The van der Waals surface area contributed by atoms with Crippen molar-refractivity contribution in [3.8, 4) is 6.07 Å². The summed E-state index contributed by atoms with van der Waals surface area (Å²) in [5, 5.41) is 8.83. The molecule has 3 heteroatoms. The van der Waals surface area contributed by atoms with E-state index in [0.717, 1.165) is 24.2 Å². The maximum Gasteiger partial charge on any atom is 0.143 e. The largest absolute Gasteiger partial charge is 0.338 e. The van der Waals surface area contributed by atoms with Crippen molar-refractivity contribution in [2.45, 2.75) is 25.8 Å². The van der Waals surface area contributed by atoms with E-state index in [2.05, 4.69) is 24.0 Å². The lowest BCUT2D eigenvalue weighted by atomic mass is 9.96. The molecule has 0 aromatic heterocycles. The highest BCUT2D eigenvalue weighted by Crippen LogP contribution is 2.37. The van der Waals surface area contributed by atoms with Crippen LogP contribution in [-0.4, -0.2) is 6.04 Å². The van der Waals surface area contributed by atoms with Crippen LogP contribution in [0.1, 0.15) is 24.5 Å². The average molecular weight is 266 g/mol. The molecule has 0 N–H and O–H groups in total. The normalized spacial score (nSPS) is 17.4. The Morgan fingerprint density at radius 1 is 1.25 bits per heavy atom. The minimum Gasteiger partial charge on any atom is -0.338 e. The highest BCUT2D eigenvalue weighted by molar-refractivity contribution is 5.69. The van der Waals surface area contributed by atoms with Crippen LogP contribution < -0.4 is 4.90 Å². The summed E-state index contributed by atoms with van der Waals surface area (Å²) in [5.41, 5.74) is 3.32. The monoisotopic (exact) mass is 266 g/mol. The lowest BCUT2D eigenvalue weighted by molar-refractivity contribution is 0.606. The van der Waals surface area contributed by atoms with Gasteiger partial charge in [0.05, 0.1) is 5.56 Å². The van der Waals surface area contributed by atoms with Gasteiger partial charge in [0.2, 0.25) is 0 Å². The van der Waals surface area contributed by atoms with Gasteiger partial charge in [-0.05, 0) is 49.6 Å². The molecule has 2 nitrogen and oxygen atoms in total. The smallest absolute Gasteiger partial charge is 0.143 e. The summed E-state index contributed by atoms with van der Waals surface area (Å²) in [5.74, 6) is -0.458. The third kappa shape index (κ3) is 2.04. The lowest BCUT2D eigenvalue weighted by Crippen LogP contribution is -2.33. The van der Waals surface area contributed by atoms with E-state index < -0.39 is 5.82 Å². The first-order valence-corrected chi connectivity index (χ1v) is 6.77. The molecule has 1 aliphatic rings. The number of hydrogen-bond acceptors (Lipinski definition) is 2. The van der Waals surface area contributed by atoms with E-state index in [1.54, 1.807) is 6.07 Å². The van der Waals surface area contributed by atoms with Gasteiger partial charge in [-0.25, -0.2) is 4.39 Å². The van der Waals surface area contributed by atoms with Crippen LogP contribution in [0.25, 0.3) is 0 Å². The number of anilines is 2. The van der Waals surface area contributed by atoms with Crippen molar-refractivity contribution in [3.63, 3.8) is 0 Å². The first-order chi connectivity index (χ1) is 9.70. The first kappa shape index (κ1) is 12.7. The van der Waals surface area contributed by atoms with Gasteiger partial charge in [0.25, 0.3) is 0 Å². The number of halogens is 1. The summed E-state index contributed by atoms with van der Waals surface area (Å²) in [6.45, 7) is 2.14. The van der Waals surface area contributed by atoms with E-state index >= 15 is 0 Å². The van der Waals surface area contributed by atoms with Gasteiger partial charge >= 0.3 is 0 Å². The van der Waals surface area contributed by atoms with Gasteiger partial charge in [0, 0.05) is 17.4 Å². The third-order valence-corrected chi connectivity index (χ3v) is 3.87. The highest BCUT2D eigenvalue weighted by atomic mass is 19.1. The van der Waals surface area contributed by atoms with Gasteiger partial charge in [-0.2, -0.15) is 5.26 Å². The molecule has 0 spiro atoms. The van der Waals surface area contributed by atoms with Crippen LogP contribution in [0.4, 0.5) is 15.8 Å². The van der Waals surface area contributed by atoms with E-state index in [0.29, 0.717) is 6.04 Å². The van der Waals surface area contributed by atoms with Gasteiger partial charge < -0.3 is 4.90 Å². The van der Waals surface area contributed by atoms with Crippen LogP contribution in [0.2, 0.25) is 0 Å². The quantitative estimate of drug-likeness (QED) is 0.774. The molecule has 2 aromatic rings. The summed E-state index contributed by atoms with van der Waals surface area (Å²) in [6, 6.07) is 15.2. The van der Waals surface area contributed by atoms with E-state index in [1.165, 1.54) is 11.6 Å². The van der Waals surface area contributed by atoms with Crippen molar-refractivity contribution >= 4 is 11.4 Å². The third-order valence-electron chi connectivity index (χ3n) is 3.87. The summed E-state index contributed by atoms with van der Waals surface area (Å²) in [4.78, 5) is 2.16. The Balaban J connectivity index is 2.10. The average Bonchev–Trinajstić information content (AvgIpc) is 2.47. The molecule has 0 fully saturated rings. The SMILES string of the molecule is CC1CCc2ccccc2N1c1ccc(C#N)c(F)c1. The van der Waals surface area contributed by atoms with Crippen molar-refractivity contribution in [2.75, 3.05) is 4.90 Å². The Hall–Kier alpha value is -2.34. The number of para-hydroxylation sites is 1. The van der Waals surface area contributed by atoms with Crippen LogP contribution in [0.15, 0.2) is 42.5 Å². The molecule has 0 aliphatic carbocycles. The molecule has 20 heavy (non-hydrogen) atoms. The standard InChI is InChI=1S/C17H15FN2/c1-12-6-7-13-4-2-3-5-17(13)20(12)15-9-8-14(11-19)16(18)10-15/h2-5,8-10,12H,6-7H2,1H3. The van der Waals surface area contributed by atoms with Gasteiger partial charge in [-0.1, -0.05) is 18.2 Å². The molecule has 1 unspecified atom stereocenters. The first-order valence-electron chi connectivity index (χ1n) is 6.77. The summed E-state index contributed by atoms with van der Waals surface area (Å²) >= 11 is 0. The van der Waals surface area contributed by atoms with Gasteiger partial charge in [0.1, 0.15) is 11.9 Å². The Labute approximate surface area is 118 Å². The number of rotatable bonds is 1. The van der Waals surface area contributed by atoms with Crippen LogP contribution in [-0.2, 0) is 6.42 Å². The zero-order chi connectivity index (χ0) is 14.1. The minimum absolute atomic E-state index is 0.0895. The Morgan fingerprint density at radius 2 is 2.05 bits per heavy atom. The number of benzene rings is 2. The maximum absolute atomic E-state index is 13.9. The van der Waals surface area contributed by atoms with Gasteiger partial charge in [-0.15, -0.1) is 0 Å². The van der Waals surface area contributed by atoms with Crippen molar-refractivity contribution in [3.05, 3.63) is 59.4 Å². The molecule has 0 amide bonds. The highest BCUT2D eigenvalue weighted by Gasteiger charge is 2.24. The van der Waals surface area contributed by atoms with Crippen LogP contribution in [0.3, 0.4) is 0 Å². The number of hydrogen-bond donors (Lipinski definition) is 0. The van der Waals surface area contributed by atoms with E-state index in [1.807, 2.05) is 24.3 Å². The molecule has 0 saturated heterocycles. The molecular formula is C17H15FN2. The zero-order valence-electron chi connectivity index (χ0n) is 11.3. The molecule has 1 atom stereocenters. The fourth-order valence-corrected chi connectivity index (χ4v) is 2.83. The van der Waals surface area contributed by atoms with Gasteiger partial charge in [0.15, 0.2) is 0 Å². The Kier molecular flexibility index (Phi) is 3.15. The second kappa shape index (κ2) is 4.97. The Bertz CT molecular complexity index is 688. The lowest BCUT2D eigenvalue weighted by Gasteiger charge is -2.37. The zero-order valence-corrected chi connectivity index (χ0v) is 11.3. The molecule has 0 radical (unpaired) electrons. The van der Waals surface area contributed by atoms with Crippen molar-refractivity contribution in [2.24, 2.45) is 0 Å². The van der Waals surface area contributed by atoms with Crippen LogP contribution in [0, 0.1) is 17.1 Å². The number of fused-ring (bicyclic) bond motifs is 1. The molecule has 1 aliphatic heterocycles. The van der Waals surface area contributed by atoms with Crippen molar-refractivity contribution in [1.82, 2.24) is 0 Å². The number of aryl methyl sites for hydroxylation is 1. The van der Waals surface area contributed by atoms with E-state index in [-0.39, 0.29) is 5.56 Å². The fourth-order valence-electron chi connectivity index (χ4n) is 2.83. The summed E-state index contributed by atoms with van der Waals surface area (Å²) < 4.78 is 13.9. The molecule has 2 aromatic carbocycles. The topological polar surface area (TPSA) is 27.0 Å². The fraction of sp³-hybridized carbons (Fsp3) is 0.235. The van der Waals surface area contributed by atoms with Gasteiger partial charge in [-0.3, -0.25) is 0 Å². The van der Waals surface area contributed by atoms with Crippen LogP contribution >= 0.6 is 0 Å². The van der Waals surface area contributed by atoms with Crippen molar-refractivity contribution < 1.29 is 4.39 Å². The molecule has 0 saturated carbocycles. The molecule has 1 heterocycles. The number of nitriles is 1. The molecule has 0 bridgehead atoms. The number of nitrogens with zero attached hydrogens (tertiary/aromatic N) is 2. The molecular weight excluding hydrogens is 251 g/mol. The second-order valence-electron chi connectivity index (χ2n) is 5.16. The Morgan fingerprint density at radius 3 is 2.80 bits per heavy atom. The second-order valence-corrected chi connectivity index (χ2v) is 5.16. The minimum atomic E-state index is -0.458. The van der Waals surface area contributed by atoms with E-state index in [4.69, 9.17) is 5.26 Å². The van der Waals surface area contributed by atoms with E-state index in [9.17, 15) is 4.39 Å². The predicted molar refractivity (Wildman–Crippen MR) is 77.5 cm³/mol. The molecule has 100 valence electrons. The maximum atomic E-state index is 13.9. The van der Waals surface area contributed by atoms with Crippen molar-refractivity contribution in [1.29, 1.82) is 5.26 Å². The predicted octanol–water partition coefficient (Wildman–Crippen LogP) is 4.17. The summed E-state index contributed by atoms with van der Waals surface area (Å²) in [6.07, 6.45) is 2.09. The van der Waals surface area contributed by atoms with Crippen LogP contribution in [0.5, 0.6) is 0 Å². The molecule has 3 rings (SSSR count).